The molecule has 6 nitrogen and oxygen atoms in total. The largest absolute Gasteiger partial charge is 0.482 e. The Kier molecular flexibility index (Phi) is 5.77. The molecule has 0 aliphatic heterocycles. The Bertz CT molecular complexity index is 531. The van der Waals surface area contributed by atoms with E-state index in [1.54, 1.807) is 31.4 Å². The van der Waals surface area contributed by atoms with Crippen molar-refractivity contribution in [1.82, 2.24) is 5.32 Å². The SMILES string of the molecule is CO[C@H]1CCCC[C@@H]1NC(=O)c1cccc(OCC(=O)O)c1. The van der Waals surface area contributed by atoms with Crippen LogP contribution in [-0.4, -0.2) is 42.8 Å². The molecule has 2 N–H and O–H groups in total. The van der Waals surface area contributed by atoms with E-state index in [9.17, 15) is 9.59 Å². The molecule has 6 heteroatoms. The van der Waals surface area contributed by atoms with Gasteiger partial charge in [-0.3, -0.25) is 4.79 Å². The van der Waals surface area contributed by atoms with Gasteiger partial charge in [-0.05, 0) is 31.0 Å². The zero-order valence-electron chi connectivity index (χ0n) is 12.6. The first-order valence-electron chi connectivity index (χ1n) is 7.38. The summed E-state index contributed by atoms with van der Waals surface area (Å²) in [6.45, 7) is -0.431. The van der Waals surface area contributed by atoms with E-state index in [0.717, 1.165) is 25.7 Å². The summed E-state index contributed by atoms with van der Waals surface area (Å²) in [6, 6.07) is 6.52. The van der Waals surface area contributed by atoms with Crippen molar-refractivity contribution in [2.24, 2.45) is 0 Å². The van der Waals surface area contributed by atoms with Crippen LogP contribution in [0.2, 0.25) is 0 Å². The van der Waals surface area contributed by atoms with E-state index >= 15 is 0 Å². The monoisotopic (exact) mass is 307 g/mol. The summed E-state index contributed by atoms with van der Waals surface area (Å²) in [6.07, 6.45) is 4.09. The first kappa shape index (κ1) is 16.3. The predicted octanol–water partition coefficient (Wildman–Crippen LogP) is 1.84. The zero-order chi connectivity index (χ0) is 15.9. The summed E-state index contributed by atoms with van der Waals surface area (Å²) in [5.74, 6) is -0.892. The van der Waals surface area contributed by atoms with Crippen molar-refractivity contribution < 1.29 is 24.2 Å². The van der Waals surface area contributed by atoms with Crippen molar-refractivity contribution in [3.05, 3.63) is 29.8 Å². The second kappa shape index (κ2) is 7.79. The van der Waals surface area contributed by atoms with Crippen molar-refractivity contribution in [2.45, 2.75) is 37.8 Å². The van der Waals surface area contributed by atoms with E-state index in [-0.39, 0.29) is 18.1 Å². The first-order chi connectivity index (χ1) is 10.6. The number of hydrogen-bond donors (Lipinski definition) is 2. The highest BCUT2D eigenvalue weighted by molar-refractivity contribution is 5.94. The van der Waals surface area contributed by atoms with Crippen LogP contribution in [0.5, 0.6) is 5.75 Å². The highest BCUT2D eigenvalue weighted by atomic mass is 16.5. The van der Waals surface area contributed by atoms with Crippen LogP contribution in [0, 0.1) is 0 Å². The van der Waals surface area contributed by atoms with Crippen LogP contribution in [0.4, 0.5) is 0 Å². The molecule has 0 saturated heterocycles. The number of carboxylic acids is 1. The van der Waals surface area contributed by atoms with Gasteiger partial charge in [-0.2, -0.15) is 0 Å². The molecule has 1 aromatic rings. The molecule has 1 aliphatic rings. The van der Waals surface area contributed by atoms with Gasteiger partial charge in [0.05, 0.1) is 12.1 Å². The number of ether oxygens (including phenoxy) is 2. The molecule has 0 unspecified atom stereocenters. The van der Waals surface area contributed by atoms with E-state index in [4.69, 9.17) is 14.6 Å². The number of nitrogens with one attached hydrogen (secondary N) is 1. The van der Waals surface area contributed by atoms with Gasteiger partial charge in [0, 0.05) is 12.7 Å². The van der Waals surface area contributed by atoms with Gasteiger partial charge in [0.2, 0.25) is 0 Å². The van der Waals surface area contributed by atoms with Gasteiger partial charge < -0.3 is 19.9 Å². The fraction of sp³-hybridized carbons (Fsp3) is 0.500. The third-order valence-corrected chi connectivity index (χ3v) is 3.78. The number of hydrogen-bond acceptors (Lipinski definition) is 4. The summed E-state index contributed by atoms with van der Waals surface area (Å²) in [5, 5.41) is 11.6. The van der Waals surface area contributed by atoms with Gasteiger partial charge in [-0.15, -0.1) is 0 Å². The number of benzene rings is 1. The van der Waals surface area contributed by atoms with Crippen LogP contribution in [0.15, 0.2) is 24.3 Å². The maximum Gasteiger partial charge on any atom is 0.341 e. The summed E-state index contributed by atoms with van der Waals surface area (Å²) in [4.78, 5) is 22.8. The van der Waals surface area contributed by atoms with E-state index < -0.39 is 12.6 Å². The van der Waals surface area contributed by atoms with E-state index in [2.05, 4.69) is 5.32 Å². The molecule has 1 aliphatic carbocycles. The maximum absolute atomic E-state index is 12.3. The van der Waals surface area contributed by atoms with Gasteiger partial charge >= 0.3 is 5.97 Å². The summed E-state index contributed by atoms with van der Waals surface area (Å²) in [5.41, 5.74) is 0.448. The summed E-state index contributed by atoms with van der Waals surface area (Å²) >= 11 is 0. The van der Waals surface area contributed by atoms with Gasteiger partial charge in [-0.25, -0.2) is 4.79 Å². The highest BCUT2D eigenvalue weighted by Gasteiger charge is 2.26. The molecule has 0 radical (unpaired) electrons. The fourth-order valence-electron chi connectivity index (χ4n) is 2.67. The van der Waals surface area contributed by atoms with Crippen LogP contribution in [0.3, 0.4) is 0 Å². The molecule has 120 valence electrons. The van der Waals surface area contributed by atoms with Crippen molar-refractivity contribution in [2.75, 3.05) is 13.7 Å². The van der Waals surface area contributed by atoms with Crippen molar-refractivity contribution in [3.8, 4) is 5.75 Å². The number of amides is 1. The normalized spacial score (nSPS) is 21.1. The quantitative estimate of drug-likeness (QED) is 0.837. The Morgan fingerprint density at radius 3 is 2.82 bits per heavy atom. The van der Waals surface area contributed by atoms with Crippen LogP contribution in [0.25, 0.3) is 0 Å². The van der Waals surface area contributed by atoms with Crippen molar-refractivity contribution >= 4 is 11.9 Å². The van der Waals surface area contributed by atoms with Crippen LogP contribution in [0.1, 0.15) is 36.0 Å². The third-order valence-electron chi connectivity index (χ3n) is 3.78. The second-order valence-electron chi connectivity index (χ2n) is 5.35. The molecule has 2 rings (SSSR count). The Morgan fingerprint density at radius 2 is 2.09 bits per heavy atom. The van der Waals surface area contributed by atoms with Gasteiger partial charge in [-0.1, -0.05) is 18.9 Å². The molecule has 0 aromatic heterocycles. The lowest BCUT2D eigenvalue weighted by atomic mass is 9.92. The number of carbonyl (C=O) groups is 2. The lowest BCUT2D eigenvalue weighted by Gasteiger charge is -2.31. The molecule has 0 bridgehead atoms. The Labute approximate surface area is 129 Å². The minimum absolute atomic E-state index is 0.00911. The van der Waals surface area contributed by atoms with E-state index in [1.165, 1.54) is 0 Å². The van der Waals surface area contributed by atoms with Crippen molar-refractivity contribution in [1.29, 1.82) is 0 Å². The topological polar surface area (TPSA) is 84.9 Å². The van der Waals surface area contributed by atoms with E-state index in [0.29, 0.717) is 11.3 Å². The summed E-state index contributed by atoms with van der Waals surface area (Å²) < 4.78 is 10.5. The van der Waals surface area contributed by atoms with Gasteiger partial charge in [0.15, 0.2) is 6.61 Å². The van der Waals surface area contributed by atoms with Crippen LogP contribution >= 0.6 is 0 Å². The number of rotatable bonds is 6. The Hall–Kier alpha value is -2.08. The number of aliphatic carboxylic acids is 1. The molecule has 22 heavy (non-hydrogen) atoms. The average molecular weight is 307 g/mol. The lowest BCUT2D eigenvalue weighted by molar-refractivity contribution is -0.139. The maximum atomic E-state index is 12.3. The molecule has 0 heterocycles. The minimum atomic E-state index is -1.06. The number of methoxy groups -OCH3 is 1. The summed E-state index contributed by atoms with van der Waals surface area (Å²) in [7, 11) is 1.66. The minimum Gasteiger partial charge on any atom is -0.482 e. The molecule has 1 saturated carbocycles. The standard InChI is InChI=1S/C16H21NO5/c1-21-14-8-3-2-7-13(14)17-16(20)11-5-4-6-12(9-11)22-10-15(18)19/h4-6,9,13-14H,2-3,7-8,10H2,1H3,(H,17,20)(H,18,19)/t13-,14-/m0/s1. The molecular formula is C16H21NO5. The van der Waals surface area contributed by atoms with E-state index in [1.807, 2.05) is 0 Å². The lowest BCUT2D eigenvalue weighted by Crippen LogP contribution is -2.45. The second-order valence-corrected chi connectivity index (χ2v) is 5.35. The smallest absolute Gasteiger partial charge is 0.341 e. The Morgan fingerprint density at radius 1 is 1.32 bits per heavy atom. The first-order valence-corrected chi connectivity index (χ1v) is 7.38. The number of carboxylic acid groups (broad SMARTS) is 1. The molecule has 1 fully saturated rings. The van der Waals surface area contributed by atoms with Crippen LogP contribution < -0.4 is 10.1 Å². The molecule has 2 atom stereocenters. The number of carbonyl (C=O) groups excluding carboxylic acids is 1. The zero-order valence-corrected chi connectivity index (χ0v) is 12.6. The fourth-order valence-corrected chi connectivity index (χ4v) is 2.67. The highest BCUT2D eigenvalue weighted by Crippen LogP contribution is 2.21. The molecule has 0 spiro atoms. The van der Waals surface area contributed by atoms with Gasteiger partial charge in [0.1, 0.15) is 5.75 Å². The average Bonchev–Trinajstić information content (AvgIpc) is 2.53. The molecule has 1 aromatic carbocycles. The third kappa shape index (κ3) is 4.46. The predicted molar refractivity (Wildman–Crippen MR) is 80.1 cm³/mol. The Balaban J connectivity index is 1.99. The molecule has 1 amide bonds. The van der Waals surface area contributed by atoms with Crippen molar-refractivity contribution in [3.63, 3.8) is 0 Å². The van der Waals surface area contributed by atoms with Crippen LogP contribution in [-0.2, 0) is 9.53 Å². The van der Waals surface area contributed by atoms with Gasteiger partial charge in [0.25, 0.3) is 5.91 Å². The molecular weight excluding hydrogens is 286 g/mol.